The lowest BCUT2D eigenvalue weighted by Gasteiger charge is -2.21. The van der Waals surface area contributed by atoms with Crippen LogP contribution in [0.2, 0.25) is 0 Å². The monoisotopic (exact) mass is 671 g/mol. The van der Waals surface area contributed by atoms with Crippen molar-refractivity contribution in [2.75, 3.05) is 0 Å². The Labute approximate surface area is 294 Å². The van der Waals surface area contributed by atoms with E-state index >= 15 is 4.57 Å². The van der Waals surface area contributed by atoms with Crippen LogP contribution in [0.3, 0.4) is 0 Å². The second-order valence-corrected chi connectivity index (χ2v) is 16.5. The number of imidazole rings is 1. The average Bonchev–Trinajstić information content (AvgIpc) is 3.78. The van der Waals surface area contributed by atoms with Crippen LogP contribution in [0.1, 0.15) is 22.6 Å². The normalized spacial score (nSPS) is 15.4. The Morgan fingerprint density at radius 3 is 2.16 bits per heavy atom. The van der Waals surface area contributed by atoms with Crippen LogP contribution in [0.15, 0.2) is 164 Å². The minimum atomic E-state index is -3.28. The van der Waals surface area contributed by atoms with Crippen LogP contribution in [-0.4, -0.2) is 14.4 Å². The molecule has 10 aromatic rings. The third-order valence-electron chi connectivity index (χ3n) is 11.0. The Morgan fingerprint density at radius 2 is 1.27 bits per heavy atom. The SMILES string of the molecule is O=P(c1ccccc1)(c1ccc(C2Cc3cccc4cccc2c34)cc1)c1ccc2nc3c4cc5ccccc5nc4c4ccccc4n3c2c1. The van der Waals surface area contributed by atoms with Crippen molar-refractivity contribution in [3.63, 3.8) is 0 Å². The van der Waals surface area contributed by atoms with Gasteiger partial charge in [-0.15, -0.1) is 0 Å². The molecule has 11 rings (SSSR count). The van der Waals surface area contributed by atoms with Gasteiger partial charge in [-0.25, -0.2) is 9.97 Å². The second-order valence-electron chi connectivity index (χ2n) is 13.7. The molecule has 2 atom stereocenters. The van der Waals surface area contributed by atoms with E-state index in [4.69, 9.17) is 9.97 Å². The third kappa shape index (κ3) is 4.11. The standard InChI is InChI=1S/C46H30N3OP/c50-51(33-14-2-1-3-15-33,34-22-20-29(21-23-34)38-27-32-13-8-11-30-12-9-17-36(38)44(30)32)35-24-25-41-43(28-35)49-42-19-7-5-16-37(42)45-39(46(49)48-41)26-31-10-4-6-18-40(31)47-45/h1-26,28,38H,27H2. The molecule has 4 nitrogen and oxygen atoms in total. The van der Waals surface area contributed by atoms with E-state index in [2.05, 4.69) is 114 Å². The lowest BCUT2D eigenvalue weighted by molar-refractivity contribution is 0.592. The first-order valence-corrected chi connectivity index (χ1v) is 19.2. The van der Waals surface area contributed by atoms with Gasteiger partial charge in [-0.2, -0.15) is 0 Å². The molecular weight excluding hydrogens is 642 g/mol. The van der Waals surface area contributed by atoms with Crippen LogP contribution >= 0.6 is 7.14 Å². The maximum absolute atomic E-state index is 15.9. The highest BCUT2D eigenvalue weighted by Crippen LogP contribution is 2.45. The van der Waals surface area contributed by atoms with Crippen LogP contribution in [0.5, 0.6) is 0 Å². The molecule has 0 aliphatic heterocycles. The number of rotatable bonds is 4. The highest BCUT2D eigenvalue weighted by molar-refractivity contribution is 7.85. The maximum atomic E-state index is 15.9. The van der Waals surface area contributed by atoms with Gasteiger partial charge in [-0.05, 0) is 70.3 Å². The van der Waals surface area contributed by atoms with Gasteiger partial charge in [0.1, 0.15) is 5.65 Å². The second kappa shape index (κ2) is 10.7. The van der Waals surface area contributed by atoms with Crippen LogP contribution in [0, 0.1) is 0 Å². The van der Waals surface area contributed by atoms with Gasteiger partial charge in [0.15, 0.2) is 7.14 Å². The number of pyridine rings is 2. The smallest absolute Gasteiger partial charge is 0.171 e. The summed E-state index contributed by atoms with van der Waals surface area (Å²) in [7, 11) is -3.28. The van der Waals surface area contributed by atoms with E-state index in [1.54, 1.807) is 0 Å². The summed E-state index contributed by atoms with van der Waals surface area (Å²) in [5.74, 6) is 0.278. The van der Waals surface area contributed by atoms with Crippen molar-refractivity contribution in [2.45, 2.75) is 12.3 Å². The average molecular weight is 672 g/mol. The molecule has 0 saturated heterocycles. The molecule has 3 heterocycles. The van der Waals surface area contributed by atoms with E-state index in [-0.39, 0.29) is 5.92 Å². The molecule has 0 spiro atoms. The van der Waals surface area contributed by atoms with Crippen LogP contribution in [0.4, 0.5) is 0 Å². The summed E-state index contributed by atoms with van der Waals surface area (Å²) in [6, 6.07) is 56.8. The molecule has 0 N–H and O–H groups in total. The van der Waals surface area contributed by atoms with E-state index in [1.165, 1.54) is 27.5 Å². The summed E-state index contributed by atoms with van der Waals surface area (Å²) in [4.78, 5) is 10.3. The summed E-state index contributed by atoms with van der Waals surface area (Å²) < 4.78 is 18.1. The van der Waals surface area contributed by atoms with Crippen molar-refractivity contribution in [1.82, 2.24) is 14.4 Å². The number of hydrogen-bond donors (Lipinski definition) is 0. The van der Waals surface area contributed by atoms with E-state index in [0.717, 1.165) is 71.7 Å². The first-order valence-electron chi connectivity index (χ1n) is 17.4. The Morgan fingerprint density at radius 1 is 0.549 bits per heavy atom. The number of fused-ring (bicyclic) bond motifs is 9. The van der Waals surface area contributed by atoms with Crippen LogP contribution in [-0.2, 0) is 11.0 Å². The molecule has 2 unspecified atom stereocenters. The van der Waals surface area contributed by atoms with Crippen molar-refractivity contribution in [3.8, 4) is 0 Å². The van der Waals surface area contributed by atoms with Gasteiger partial charge in [-0.1, -0.05) is 127 Å². The quantitative estimate of drug-likeness (QED) is 0.106. The number of nitrogens with zero attached hydrogens (tertiary/aromatic N) is 3. The van der Waals surface area contributed by atoms with E-state index in [9.17, 15) is 0 Å². The molecule has 240 valence electrons. The van der Waals surface area contributed by atoms with Gasteiger partial charge in [-0.3, -0.25) is 4.40 Å². The molecule has 1 aliphatic rings. The zero-order valence-corrected chi connectivity index (χ0v) is 28.5. The summed E-state index contributed by atoms with van der Waals surface area (Å²) in [5.41, 5.74) is 9.58. The van der Waals surface area contributed by atoms with Gasteiger partial charge in [0.25, 0.3) is 0 Å². The lowest BCUT2D eigenvalue weighted by atomic mass is 9.92. The zero-order valence-electron chi connectivity index (χ0n) is 27.6. The van der Waals surface area contributed by atoms with Gasteiger partial charge in [0.2, 0.25) is 0 Å². The highest BCUT2D eigenvalue weighted by Gasteiger charge is 2.32. The van der Waals surface area contributed by atoms with Crippen LogP contribution in [0.25, 0.3) is 60.2 Å². The largest absolute Gasteiger partial charge is 0.309 e. The topological polar surface area (TPSA) is 47.3 Å². The lowest BCUT2D eigenvalue weighted by Crippen LogP contribution is -2.25. The van der Waals surface area contributed by atoms with Crippen molar-refractivity contribution < 1.29 is 4.57 Å². The Hall–Kier alpha value is -6.09. The van der Waals surface area contributed by atoms with Crippen molar-refractivity contribution in [2.24, 2.45) is 0 Å². The fraction of sp³-hybridized carbons (Fsp3) is 0.0435. The fourth-order valence-corrected chi connectivity index (χ4v) is 11.2. The highest BCUT2D eigenvalue weighted by atomic mass is 31.2. The molecule has 5 heteroatoms. The first-order chi connectivity index (χ1) is 25.1. The predicted molar refractivity (Wildman–Crippen MR) is 212 cm³/mol. The summed E-state index contributed by atoms with van der Waals surface area (Å²) in [6.07, 6.45) is 0.977. The van der Waals surface area contributed by atoms with Crippen LogP contribution < -0.4 is 15.9 Å². The van der Waals surface area contributed by atoms with Gasteiger partial charge in [0.05, 0.1) is 27.6 Å². The Kier molecular flexibility index (Phi) is 6.03. The number of aromatic nitrogens is 3. The maximum Gasteiger partial charge on any atom is 0.171 e. The molecule has 0 saturated carbocycles. The van der Waals surface area contributed by atoms with Gasteiger partial charge >= 0.3 is 0 Å². The predicted octanol–water partition coefficient (Wildman–Crippen LogP) is 9.82. The molecule has 0 fully saturated rings. The fourth-order valence-electron chi connectivity index (χ4n) is 8.58. The van der Waals surface area contributed by atoms with Crippen molar-refractivity contribution in [3.05, 3.63) is 180 Å². The van der Waals surface area contributed by atoms with Crippen molar-refractivity contribution >= 4 is 83.2 Å². The summed E-state index contributed by atoms with van der Waals surface area (Å²) in [6.45, 7) is 0. The molecule has 0 amide bonds. The molecule has 0 radical (unpaired) electrons. The van der Waals surface area contributed by atoms with E-state index in [0.29, 0.717) is 0 Å². The van der Waals surface area contributed by atoms with Gasteiger partial charge < -0.3 is 4.57 Å². The van der Waals surface area contributed by atoms with Gasteiger partial charge in [0, 0.05) is 38.0 Å². The van der Waals surface area contributed by atoms with Crippen molar-refractivity contribution in [1.29, 1.82) is 0 Å². The number of benzene rings is 7. The molecule has 51 heavy (non-hydrogen) atoms. The minimum absolute atomic E-state index is 0.278. The molecule has 7 aromatic carbocycles. The molecular formula is C46H30N3OP. The van der Waals surface area contributed by atoms with E-state index < -0.39 is 7.14 Å². The third-order valence-corrected chi connectivity index (χ3v) is 14.0. The first kappa shape index (κ1) is 28.7. The summed E-state index contributed by atoms with van der Waals surface area (Å²) >= 11 is 0. The Balaban J connectivity index is 1.11. The molecule has 1 aliphatic carbocycles. The Bertz CT molecular complexity index is 3090. The number of hydrogen-bond acceptors (Lipinski definition) is 3. The zero-order chi connectivity index (χ0) is 33.7. The number of para-hydroxylation sites is 2. The summed E-state index contributed by atoms with van der Waals surface area (Å²) in [5, 5.41) is 8.24. The molecule has 0 bridgehead atoms. The molecule has 3 aromatic heterocycles. The van der Waals surface area contributed by atoms with E-state index in [1.807, 2.05) is 54.6 Å². The minimum Gasteiger partial charge on any atom is -0.309 e.